The standard InChI is InChI=1S/C17H26N2O/c1-13(15-8-4-5-9-15)18-17-11-7-6-10-16(17)12-19(3)14(2)20/h6-7,10-11,13,15,18H,4-5,8-9,12H2,1-3H3. The molecule has 1 aliphatic rings. The molecule has 0 bridgehead atoms. The predicted molar refractivity (Wildman–Crippen MR) is 83.6 cm³/mol. The van der Waals surface area contributed by atoms with Crippen molar-refractivity contribution in [3.8, 4) is 0 Å². The van der Waals surface area contributed by atoms with Crippen LogP contribution in [0.3, 0.4) is 0 Å². The second-order valence-electron chi connectivity index (χ2n) is 6.01. The molecular weight excluding hydrogens is 248 g/mol. The second-order valence-corrected chi connectivity index (χ2v) is 6.01. The zero-order chi connectivity index (χ0) is 14.5. The molecule has 1 fully saturated rings. The van der Waals surface area contributed by atoms with Gasteiger partial charge in [-0.3, -0.25) is 4.79 Å². The number of carbonyl (C=O) groups excluding carboxylic acids is 1. The summed E-state index contributed by atoms with van der Waals surface area (Å²) in [6, 6.07) is 8.81. The Hall–Kier alpha value is -1.51. The van der Waals surface area contributed by atoms with E-state index < -0.39 is 0 Å². The Morgan fingerprint density at radius 3 is 2.65 bits per heavy atom. The Balaban J connectivity index is 2.05. The maximum absolute atomic E-state index is 11.4. The molecule has 1 amide bonds. The molecule has 0 heterocycles. The van der Waals surface area contributed by atoms with Gasteiger partial charge >= 0.3 is 0 Å². The van der Waals surface area contributed by atoms with Crippen LogP contribution in [0.25, 0.3) is 0 Å². The topological polar surface area (TPSA) is 32.3 Å². The van der Waals surface area contributed by atoms with E-state index in [2.05, 4.69) is 30.4 Å². The highest BCUT2D eigenvalue weighted by Crippen LogP contribution is 2.30. The molecule has 1 aromatic rings. The van der Waals surface area contributed by atoms with Crippen LogP contribution in [0.1, 0.15) is 45.1 Å². The van der Waals surface area contributed by atoms with Crippen molar-refractivity contribution in [2.45, 2.75) is 52.1 Å². The SMILES string of the molecule is CC(=O)N(C)Cc1ccccc1NC(C)C1CCCC1. The molecule has 0 saturated heterocycles. The maximum Gasteiger partial charge on any atom is 0.219 e. The number of nitrogens with one attached hydrogen (secondary N) is 1. The van der Waals surface area contributed by atoms with Gasteiger partial charge < -0.3 is 10.2 Å². The van der Waals surface area contributed by atoms with E-state index in [0.29, 0.717) is 12.6 Å². The van der Waals surface area contributed by atoms with Gasteiger partial charge in [0, 0.05) is 32.2 Å². The Labute approximate surface area is 122 Å². The Morgan fingerprint density at radius 1 is 1.35 bits per heavy atom. The number of nitrogens with zero attached hydrogens (tertiary/aromatic N) is 1. The van der Waals surface area contributed by atoms with Gasteiger partial charge in [0.05, 0.1) is 0 Å². The highest BCUT2D eigenvalue weighted by molar-refractivity contribution is 5.73. The van der Waals surface area contributed by atoms with E-state index in [4.69, 9.17) is 0 Å². The number of benzene rings is 1. The fraction of sp³-hybridized carbons (Fsp3) is 0.588. The highest BCUT2D eigenvalue weighted by Gasteiger charge is 2.21. The van der Waals surface area contributed by atoms with Crippen LogP contribution < -0.4 is 5.32 Å². The molecule has 3 heteroatoms. The van der Waals surface area contributed by atoms with Crippen molar-refractivity contribution >= 4 is 11.6 Å². The lowest BCUT2D eigenvalue weighted by Gasteiger charge is -2.24. The van der Waals surface area contributed by atoms with Crippen LogP contribution in [0.4, 0.5) is 5.69 Å². The summed E-state index contributed by atoms with van der Waals surface area (Å²) in [4.78, 5) is 13.1. The lowest BCUT2D eigenvalue weighted by molar-refractivity contribution is -0.128. The molecule has 2 rings (SSSR count). The van der Waals surface area contributed by atoms with Crippen molar-refractivity contribution < 1.29 is 4.79 Å². The van der Waals surface area contributed by atoms with Crippen LogP contribution in [-0.4, -0.2) is 23.9 Å². The fourth-order valence-corrected chi connectivity index (χ4v) is 2.99. The number of anilines is 1. The van der Waals surface area contributed by atoms with E-state index in [1.54, 1.807) is 11.8 Å². The lowest BCUT2D eigenvalue weighted by Crippen LogP contribution is -2.26. The zero-order valence-electron chi connectivity index (χ0n) is 12.9. The lowest BCUT2D eigenvalue weighted by atomic mass is 9.99. The van der Waals surface area contributed by atoms with Gasteiger partial charge in [-0.1, -0.05) is 31.0 Å². The van der Waals surface area contributed by atoms with Crippen LogP contribution in [-0.2, 0) is 11.3 Å². The molecule has 1 aliphatic carbocycles. The molecule has 1 aromatic carbocycles. The van der Waals surface area contributed by atoms with Crippen LogP contribution in [0.2, 0.25) is 0 Å². The summed E-state index contributed by atoms with van der Waals surface area (Å²) in [5.41, 5.74) is 2.36. The van der Waals surface area contributed by atoms with E-state index in [1.165, 1.54) is 36.9 Å². The largest absolute Gasteiger partial charge is 0.382 e. The van der Waals surface area contributed by atoms with Crippen molar-refractivity contribution in [3.63, 3.8) is 0 Å². The summed E-state index contributed by atoms with van der Waals surface area (Å²) in [5.74, 6) is 0.886. The van der Waals surface area contributed by atoms with Gasteiger partial charge in [-0.15, -0.1) is 0 Å². The normalized spacial score (nSPS) is 16.9. The molecule has 1 unspecified atom stereocenters. The van der Waals surface area contributed by atoms with Crippen molar-refractivity contribution in [1.29, 1.82) is 0 Å². The minimum atomic E-state index is 0.101. The average molecular weight is 274 g/mol. The molecule has 110 valence electrons. The number of amides is 1. The molecule has 1 atom stereocenters. The molecule has 3 nitrogen and oxygen atoms in total. The first-order chi connectivity index (χ1) is 9.58. The van der Waals surface area contributed by atoms with Crippen LogP contribution in [0, 0.1) is 5.92 Å². The van der Waals surface area contributed by atoms with Gasteiger partial charge in [-0.05, 0) is 37.3 Å². The minimum Gasteiger partial charge on any atom is -0.382 e. The molecular formula is C17H26N2O. The Kier molecular flexibility index (Phi) is 5.05. The first-order valence-electron chi connectivity index (χ1n) is 7.64. The predicted octanol–water partition coefficient (Wildman–Crippen LogP) is 3.66. The number of carbonyl (C=O) groups is 1. The van der Waals surface area contributed by atoms with Gasteiger partial charge in [0.2, 0.25) is 5.91 Å². The summed E-state index contributed by atoms with van der Waals surface area (Å²) in [6.45, 7) is 4.55. The van der Waals surface area contributed by atoms with Gasteiger partial charge in [-0.25, -0.2) is 0 Å². The quantitative estimate of drug-likeness (QED) is 0.888. The van der Waals surface area contributed by atoms with Crippen molar-refractivity contribution in [2.75, 3.05) is 12.4 Å². The molecule has 0 aliphatic heterocycles. The Bertz CT molecular complexity index is 452. The van der Waals surface area contributed by atoms with Crippen LogP contribution in [0.5, 0.6) is 0 Å². The molecule has 1 N–H and O–H groups in total. The molecule has 0 radical (unpaired) electrons. The second kappa shape index (κ2) is 6.78. The molecule has 0 aromatic heterocycles. The van der Waals surface area contributed by atoms with Gasteiger partial charge in [0.1, 0.15) is 0 Å². The summed E-state index contributed by atoms with van der Waals surface area (Å²) < 4.78 is 0. The minimum absolute atomic E-state index is 0.101. The number of hydrogen-bond acceptors (Lipinski definition) is 2. The summed E-state index contributed by atoms with van der Waals surface area (Å²) >= 11 is 0. The molecule has 0 spiro atoms. The van der Waals surface area contributed by atoms with E-state index in [1.807, 2.05) is 13.1 Å². The number of hydrogen-bond donors (Lipinski definition) is 1. The fourth-order valence-electron chi connectivity index (χ4n) is 2.99. The number of para-hydroxylation sites is 1. The van der Waals surface area contributed by atoms with Gasteiger partial charge in [0.15, 0.2) is 0 Å². The first kappa shape index (κ1) is 14.9. The van der Waals surface area contributed by atoms with E-state index in [-0.39, 0.29) is 5.91 Å². The summed E-state index contributed by atoms with van der Waals surface area (Å²) in [5, 5.41) is 3.66. The highest BCUT2D eigenvalue weighted by atomic mass is 16.2. The summed E-state index contributed by atoms with van der Waals surface area (Å²) in [7, 11) is 1.85. The van der Waals surface area contributed by atoms with Gasteiger partial charge in [-0.2, -0.15) is 0 Å². The Morgan fingerprint density at radius 2 is 2.00 bits per heavy atom. The van der Waals surface area contributed by atoms with Crippen molar-refractivity contribution in [3.05, 3.63) is 29.8 Å². The van der Waals surface area contributed by atoms with Crippen molar-refractivity contribution in [1.82, 2.24) is 4.90 Å². The zero-order valence-corrected chi connectivity index (χ0v) is 12.9. The van der Waals surface area contributed by atoms with Crippen molar-refractivity contribution in [2.24, 2.45) is 5.92 Å². The first-order valence-corrected chi connectivity index (χ1v) is 7.64. The number of rotatable bonds is 5. The van der Waals surface area contributed by atoms with Crippen LogP contribution >= 0.6 is 0 Å². The van der Waals surface area contributed by atoms with Gasteiger partial charge in [0.25, 0.3) is 0 Å². The monoisotopic (exact) mass is 274 g/mol. The third-order valence-corrected chi connectivity index (χ3v) is 4.45. The third-order valence-electron chi connectivity index (χ3n) is 4.45. The molecule has 1 saturated carbocycles. The summed E-state index contributed by atoms with van der Waals surface area (Å²) in [6.07, 6.45) is 5.41. The van der Waals surface area contributed by atoms with E-state index in [9.17, 15) is 4.79 Å². The maximum atomic E-state index is 11.4. The van der Waals surface area contributed by atoms with Crippen LogP contribution in [0.15, 0.2) is 24.3 Å². The molecule has 20 heavy (non-hydrogen) atoms. The average Bonchev–Trinajstić information content (AvgIpc) is 2.94. The van der Waals surface area contributed by atoms with E-state index >= 15 is 0 Å². The third kappa shape index (κ3) is 3.75. The van der Waals surface area contributed by atoms with E-state index in [0.717, 1.165) is 5.92 Å². The smallest absolute Gasteiger partial charge is 0.219 e.